The summed E-state index contributed by atoms with van der Waals surface area (Å²) < 4.78 is 8.37. The number of pyridine rings is 1. The lowest BCUT2D eigenvalue weighted by atomic mass is 10.00. The standard InChI is InChI=1S/C46H27N5O/c1-2-10-28(11-3-1)30-19-20-32-27-33(22-21-31(32)26-30)43-48-44(36-15-8-18-40-42(36)37-16-9-25-47-45(37)52-40)50-46(49-43)51-38-17-7-6-14-35(38)41-34-13-5-4-12-29(34)23-24-39(41)51/h1-27H. The Hall–Kier alpha value is -7.18. The summed E-state index contributed by atoms with van der Waals surface area (Å²) in [4.78, 5) is 20.2. The van der Waals surface area contributed by atoms with E-state index in [0.717, 1.165) is 54.7 Å². The maximum atomic E-state index is 6.19. The number of aromatic nitrogens is 5. The minimum atomic E-state index is 0.545. The fraction of sp³-hybridized carbons (Fsp3) is 0. The van der Waals surface area contributed by atoms with Crippen LogP contribution in [-0.2, 0) is 0 Å². The molecular formula is C46H27N5O. The molecule has 4 aromatic heterocycles. The van der Waals surface area contributed by atoms with Gasteiger partial charge in [0.05, 0.1) is 11.0 Å². The van der Waals surface area contributed by atoms with Crippen LogP contribution in [0.3, 0.4) is 0 Å². The van der Waals surface area contributed by atoms with Crippen LogP contribution < -0.4 is 0 Å². The molecule has 0 atom stereocenters. The van der Waals surface area contributed by atoms with Gasteiger partial charge in [-0.05, 0) is 75.1 Å². The molecule has 0 radical (unpaired) electrons. The second-order valence-corrected chi connectivity index (χ2v) is 13.1. The van der Waals surface area contributed by atoms with Crippen LogP contribution in [0, 0.1) is 0 Å². The van der Waals surface area contributed by atoms with Crippen molar-refractivity contribution in [3.05, 3.63) is 164 Å². The van der Waals surface area contributed by atoms with Gasteiger partial charge in [0, 0.05) is 38.9 Å². The molecule has 0 spiro atoms. The van der Waals surface area contributed by atoms with E-state index in [1.54, 1.807) is 6.20 Å². The molecule has 0 fully saturated rings. The fourth-order valence-corrected chi connectivity index (χ4v) is 7.71. The number of hydrogen-bond acceptors (Lipinski definition) is 5. The summed E-state index contributed by atoms with van der Waals surface area (Å²) in [6.45, 7) is 0. The normalized spacial score (nSPS) is 11.8. The number of benzene rings is 7. The van der Waals surface area contributed by atoms with Crippen molar-refractivity contribution < 1.29 is 4.42 Å². The number of hydrogen-bond donors (Lipinski definition) is 0. The zero-order valence-corrected chi connectivity index (χ0v) is 27.7. The molecule has 242 valence electrons. The molecule has 7 aromatic carbocycles. The maximum absolute atomic E-state index is 6.19. The van der Waals surface area contributed by atoms with Crippen LogP contribution in [0.15, 0.2) is 168 Å². The highest BCUT2D eigenvalue weighted by Crippen LogP contribution is 2.39. The smallest absolute Gasteiger partial charge is 0.238 e. The van der Waals surface area contributed by atoms with Crippen LogP contribution in [0.2, 0.25) is 0 Å². The Morgan fingerprint density at radius 2 is 1.17 bits per heavy atom. The molecule has 0 aliphatic heterocycles. The largest absolute Gasteiger partial charge is 0.438 e. The third-order valence-corrected chi connectivity index (χ3v) is 10.1. The van der Waals surface area contributed by atoms with Crippen molar-refractivity contribution >= 4 is 65.4 Å². The van der Waals surface area contributed by atoms with Gasteiger partial charge in [-0.1, -0.05) is 115 Å². The molecule has 0 amide bonds. The lowest BCUT2D eigenvalue weighted by molar-refractivity contribution is 0.654. The van der Waals surface area contributed by atoms with E-state index in [9.17, 15) is 0 Å². The van der Waals surface area contributed by atoms with Crippen LogP contribution in [-0.4, -0.2) is 24.5 Å². The molecule has 0 saturated carbocycles. The maximum Gasteiger partial charge on any atom is 0.238 e. The number of para-hydroxylation sites is 1. The summed E-state index contributed by atoms with van der Waals surface area (Å²) in [6.07, 6.45) is 1.75. The summed E-state index contributed by atoms with van der Waals surface area (Å²) in [5, 5.41) is 8.80. The third kappa shape index (κ3) is 4.38. The van der Waals surface area contributed by atoms with E-state index in [1.165, 1.54) is 27.3 Å². The van der Waals surface area contributed by atoms with E-state index >= 15 is 0 Å². The molecule has 0 aliphatic carbocycles. The van der Waals surface area contributed by atoms with Gasteiger partial charge in [-0.25, -0.2) is 9.97 Å². The van der Waals surface area contributed by atoms with Crippen LogP contribution in [0.25, 0.3) is 105 Å². The summed E-state index contributed by atoms with van der Waals surface area (Å²) in [7, 11) is 0. The minimum Gasteiger partial charge on any atom is -0.438 e. The van der Waals surface area contributed by atoms with Crippen molar-refractivity contribution in [2.75, 3.05) is 0 Å². The van der Waals surface area contributed by atoms with Crippen LogP contribution in [0.1, 0.15) is 0 Å². The van der Waals surface area contributed by atoms with Gasteiger partial charge in [-0.3, -0.25) is 4.57 Å². The SMILES string of the molecule is c1ccc(-c2ccc3cc(-c4nc(-c5cccc6oc7ncccc7c56)nc(-n5c6ccccc6c6c7ccccc7ccc65)n4)ccc3c2)cc1. The average Bonchev–Trinajstić information content (AvgIpc) is 3.77. The van der Waals surface area contributed by atoms with Crippen molar-refractivity contribution in [1.82, 2.24) is 24.5 Å². The Bertz CT molecular complexity index is 3200. The van der Waals surface area contributed by atoms with Gasteiger partial charge in [0.2, 0.25) is 11.7 Å². The van der Waals surface area contributed by atoms with Gasteiger partial charge in [-0.2, -0.15) is 9.97 Å². The van der Waals surface area contributed by atoms with E-state index in [1.807, 2.05) is 30.3 Å². The fourth-order valence-electron chi connectivity index (χ4n) is 7.71. The number of nitrogens with zero attached hydrogens (tertiary/aromatic N) is 5. The molecule has 4 heterocycles. The monoisotopic (exact) mass is 665 g/mol. The quantitative estimate of drug-likeness (QED) is 0.187. The van der Waals surface area contributed by atoms with Gasteiger partial charge < -0.3 is 4.42 Å². The van der Waals surface area contributed by atoms with Crippen LogP contribution in [0.4, 0.5) is 0 Å². The Balaban J connectivity index is 1.19. The Morgan fingerprint density at radius 3 is 2.08 bits per heavy atom. The van der Waals surface area contributed by atoms with Gasteiger partial charge in [-0.15, -0.1) is 0 Å². The summed E-state index contributed by atoms with van der Waals surface area (Å²) in [5.41, 5.74) is 7.51. The van der Waals surface area contributed by atoms with Crippen molar-refractivity contribution in [2.45, 2.75) is 0 Å². The van der Waals surface area contributed by atoms with E-state index in [4.69, 9.17) is 19.4 Å². The highest BCUT2D eigenvalue weighted by molar-refractivity contribution is 6.21. The van der Waals surface area contributed by atoms with E-state index in [-0.39, 0.29) is 0 Å². The van der Waals surface area contributed by atoms with E-state index < -0.39 is 0 Å². The summed E-state index contributed by atoms with van der Waals surface area (Å²) in [6, 6.07) is 54.8. The molecule has 11 rings (SSSR count). The van der Waals surface area contributed by atoms with Crippen molar-refractivity contribution in [2.24, 2.45) is 0 Å². The minimum absolute atomic E-state index is 0.545. The highest BCUT2D eigenvalue weighted by Gasteiger charge is 2.21. The molecule has 6 nitrogen and oxygen atoms in total. The zero-order valence-electron chi connectivity index (χ0n) is 27.7. The number of fused-ring (bicyclic) bond motifs is 9. The Morgan fingerprint density at radius 1 is 0.442 bits per heavy atom. The molecule has 0 saturated heterocycles. The molecule has 11 aromatic rings. The number of furan rings is 1. The molecule has 0 aliphatic rings. The van der Waals surface area contributed by atoms with Crippen LogP contribution in [0.5, 0.6) is 0 Å². The van der Waals surface area contributed by atoms with E-state index in [0.29, 0.717) is 23.3 Å². The number of rotatable bonds is 4. The first kappa shape index (κ1) is 28.6. The Kier molecular flexibility index (Phi) is 6.15. The lowest BCUT2D eigenvalue weighted by Gasteiger charge is -2.12. The van der Waals surface area contributed by atoms with Crippen molar-refractivity contribution in [1.29, 1.82) is 0 Å². The molecule has 0 bridgehead atoms. The van der Waals surface area contributed by atoms with E-state index in [2.05, 4.69) is 137 Å². The van der Waals surface area contributed by atoms with Crippen molar-refractivity contribution in [3.63, 3.8) is 0 Å². The molecule has 0 unspecified atom stereocenters. The van der Waals surface area contributed by atoms with Gasteiger partial charge >= 0.3 is 0 Å². The molecular weight excluding hydrogens is 639 g/mol. The summed E-state index contributed by atoms with van der Waals surface area (Å²) in [5.74, 6) is 1.69. The lowest BCUT2D eigenvalue weighted by Crippen LogP contribution is -2.06. The Labute approximate surface area is 297 Å². The van der Waals surface area contributed by atoms with Gasteiger partial charge in [0.25, 0.3) is 0 Å². The van der Waals surface area contributed by atoms with Gasteiger partial charge in [0.15, 0.2) is 11.6 Å². The average molecular weight is 666 g/mol. The van der Waals surface area contributed by atoms with Crippen molar-refractivity contribution in [3.8, 4) is 39.9 Å². The first-order valence-corrected chi connectivity index (χ1v) is 17.3. The first-order valence-electron chi connectivity index (χ1n) is 17.3. The topological polar surface area (TPSA) is 69.6 Å². The second-order valence-electron chi connectivity index (χ2n) is 13.1. The predicted octanol–water partition coefficient (Wildman–Crippen LogP) is 11.6. The predicted molar refractivity (Wildman–Crippen MR) is 211 cm³/mol. The third-order valence-electron chi connectivity index (χ3n) is 10.1. The first-order chi connectivity index (χ1) is 25.8. The summed E-state index contributed by atoms with van der Waals surface area (Å²) >= 11 is 0. The zero-order chi connectivity index (χ0) is 34.2. The molecule has 52 heavy (non-hydrogen) atoms. The van der Waals surface area contributed by atoms with Gasteiger partial charge in [0.1, 0.15) is 5.58 Å². The molecule has 6 heteroatoms. The second kappa shape index (κ2) is 11.2. The molecule has 0 N–H and O–H groups in total. The van der Waals surface area contributed by atoms with Crippen LogP contribution >= 0.6 is 0 Å². The highest BCUT2D eigenvalue weighted by atomic mass is 16.3.